The van der Waals surface area contributed by atoms with Gasteiger partial charge in [0.05, 0.1) is 0 Å². The van der Waals surface area contributed by atoms with Crippen LogP contribution in [0.5, 0.6) is 0 Å². The second kappa shape index (κ2) is 15.5. The highest BCUT2D eigenvalue weighted by atomic mass is 28.4. The van der Waals surface area contributed by atoms with Crippen LogP contribution in [0.25, 0.3) is 0 Å². The second-order valence-electron chi connectivity index (χ2n) is 12.3. The monoisotopic (exact) mass is 566 g/mol. The Bertz CT molecular complexity index is 521. The molecule has 0 radical (unpaired) electrons. The Kier molecular flexibility index (Phi) is 15.7. The molecular weight excluding hydrogens is 513 g/mol. The van der Waals surface area contributed by atoms with Crippen LogP contribution in [0.15, 0.2) is 12.2 Å². The molecule has 0 fully saturated rings. The molecular formula is C22H54O5Si6. The minimum Gasteiger partial charge on any atom is -0.478 e. The van der Waals surface area contributed by atoms with E-state index in [4.69, 9.17) is 12.3 Å². The second-order valence-corrected chi connectivity index (χ2v) is 31.8. The summed E-state index contributed by atoms with van der Waals surface area (Å²) in [4.78, 5) is 12.1. The van der Waals surface area contributed by atoms with Crippen LogP contribution >= 0.6 is 0 Å². The van der Waals surface area contributed by atoms with E-state index in [2.05, 4.69) is 65.5 Å². The third-order valence-electron chi connectivity index (χ3n) is 5.65. The quantitative estimate of drug-likeness (QED) is 0.127. The van der Waals surface area contributed by atoms with Gasteiger partial charge >= 0.3 is 5.97 Å². The molecule has 0 aliphatic rings. The molecule has 33 heavy (non-hydrogen) atoms. The van der Waals surface area contributed by atoms with Crippen LogP contribution in [0.3, 0.4) is 0 Å². The van der Waals surface area contributed by atoms with Gasteiger partial charge in [-0.2, -0.15) is 0 Å². The van der Waals surface area contributed by atoms with Crippen molar-refractivity contribution in [2.75, 3.05) is 0 Å². The summed E-state index contributed by atoms with van der Waals surface area (Å²) in [6, 6.07) is 3.37. The zero-order valence-corrected chi connectivity index (χ0v) is 30.5. The molecule has 11 heteroatoms. The van der Waals surface area contributed by atoms with Gasteiger partial charge in [0.1, 0.15) is 29.3 Å². The van der Waals surface area contributed by atoms with Crippen LogP contribution in [0.1, 0.15) is 38.5 Å². The molecule has 1 N–H and O–H groups in total. The molecule has 0 heterocycles. The molecule has 0 rings (SSSR count). The first-order valence-electron chi connectivity index (χ1n) is 12.8. The van der Waals surface area contributed by atoms with E-state index < -0.39 is 60.2 Å². The minimum atomic E-state index is -1.45. The van der Waals surface area contributed by atoms with E-state index in [1.807, 2.05) is 0 Å². The number of rotatable bonds is 20. The normalized spacial score (nSPS) is 15.9. The fourth-order valence-electron chi connectivity index (χ4n) is 3.89. The lowest BCUT2D eigenvalue weighted by molar-refractivity contribution is -0.134. The number of hydrogen-bond acceptors (Lipinski definition) is 4. The Morgan fingerprint density at radius 1 is 0.697 bits per heavy atom. The average molecular weight is 567 g/mol. The van der Waals surface area contributed by atoms with Gasteiger partial charge in [0.2, 0.25) is 0 Å². The third kappa shape index (κ3) is 18.3. The largest absolute Gasteiger partial charge is 0.478 e. The summed E-state index contributed by atoms with van der Waals surface area (Å²) in [6.07, 6.45) is 5.92. The van der Waals surface area contributed by atoms with E-state index in [9.17, 15) is 9.90 Å². The standard InChI is InChI=1S/C22H54O5Si6/c1-20(21(23)24)22(14-11-17-28-25-31(2,3)4,15-12-18-29-26-32(5,6)7)16-13-19-30-27-33(8,9)10/h1,11-19,28-30H2,2-10H3,(H,23,24). The van der Waals surface area contributed by atoms with Crippen molar-refractivity contribution in [1.29, 1.82) is 0 Å². The smallest absolute Gasteiger partial charge is 0.331 e. The third-order valence-corrected chi connectivity index (χ3v) is 20.9. The number of aliphatic carboxylic acids is 1. The predicted octanol–water partition coefficient (Wildman–Crippen LogP) is 5.02. The van der Waals surface area contributed by atoms with Crippen LogP contribution in [-0.2, 0) is 17.1 Å². The van der Waals surface area contributed by atoms with Gasteiger partial charge < -0.3 is 17.5 Å². The number of carbonyl (C=O) groups is 1. The predicted molar refractivity (Wildman–Crippen MR) is 160 cm³/mol. The van der Waals surface area contributed by atoms with Gasteiger partial charge in [0.15, 0.2) is 25.0 Å². The maximum absolute atomic E-state index is 12.1. The van der Waals surface area contributed by atoms with Crippen LogP contribution in [-0.4, -0.2) is 65.3 Å². The lowest BCUT2D eigenvalue weighted by Gasteiger charge is -2.35. The maximum Gasteiger partial charge on any atom is 0.331 e. The molecule has 0 atom stereocenters. The van der Waals surface area contributed by atoms with Crippen molar-refractivity contribution in [2.45, 2.75) is 116 Å². The number of carboxylic acids is 1. The molecule has 0 saturated carbocycles. The molecule has 0 aliphatic heterocycles. The molecule has 196 valence electrons. The first-order chi connectivity index (χ1) is 15.0. The maximum atomic E-state index is 12.1. The Labute approximate surface area is 215 Å². The van der Waals surface area contributed by atoms with Crippen LogP contribution in [0.2, 0.25) is 77.1 Å². The number of hydrogen-bond donors (Lipinski definition) is 1. The van der Waals surface area contributed by atoms with E-state index >= 15 is 0 Å². The summed E-state index contributed by atoms with van der Waals surface area (Å²) in [5, 5.41) is 9.91. The molecule has 0 aromatic heterocycles. The Hall–Kier alpha value is 0.391. The van der Waals surface area contributed by atoms with Crippen LogP contribution in [0, 0.1) is 5.41 Å². The highest BCUT2D eigenvalue weighted by molar-refractivity contribution is 6.74. The van der Waals surface area contributed by atoms with Crippen molar-refractivity contribution in [3.05, 3.63) is 12.2 Å². The molecule has 0 aliphatic carbocycles. The highest BCUT2D eigenvalue weighted by Crippen LogP contribution is 2.43. The SMILES string of the molecule is C=C(C(=O)O)C(CCC[SiH2]O[Si](C)(C)C)(CCC[SiH2]O[Si](C)(C)C)CCC[SiH2]O[Si](C)(C)C. The molecule has 0 bridgehead atoms. The Morgan fingerprint density at radius 2 is 0.970 bits per heavy atom. The number of carboxylic acid groups (broad SMARTS) is 1. The lowest BCUT2D eigenvalue weighted by atomic mass is 9.70. The van der Waals surface area contributed by atoms with Crippen molar-refractivity contribution >= 4 is 60.2 Å². The zero-order valence-electron chi connectivity index (χ0n) is 23.3. The average Bonchev–Trinajstić information content (AvgIpc) is 2.63. The van der Waals surface area contributed by atoms with Gasteiger partial charge in [-0.05, 0) is 96.3 Å². The summed E-state index contributed by atoms with van der Waals surface area (Å²) < 4.78 is 18.5. The van der Waals surface area contributed by atoms with Gasteiger partial charge in [0, 0.05) is 11.0 Å². The van der Waals surface area contributed by atoms with Crippen molar-refractivity contribution in [3.63, 3.8) is 0 Å². The highest BCUT2D eigenvalue weighted by Gasteiger charge is 2.35. The van der Waals surface area contributed by atoms with Crippen molar-refractivity contribution in [2.24, 2.45) is 5.41 Å². The molecule has 0 aromatic rings. The van der Waals surface area contributed by atoms with Crippen molar-refractivity contribution in [3.8, 4) is 0 Å². The molecule has 0 aromatic carbocycles. The summed E-state index contributed by atoms with van der Waals surface area (Å²) in [5.41, 5.74) is 0.136. The molecule has 0 unspecified atom stereocenters. The molecule has 0 amide bonds. The van der Waals surface area contributed by atoms with E-state index in [0.717, 1.165) is 56.7 Å². The van der Waals surface area contributed by atoms with E-state index in [1.165, 1.54) is 0 Å². The summed E-state index contributed by atoms with van der Waals surface area (Å²) in [7, 11) is -5.91. The van der Waals surface area contributed by atoms with Gasteiger partial charge in [-0.25, -0.2) is 4.79 Å². The fourth-order valence-corrected chi connectivity index (χ4v) is 14.3. The van der Waals surface area contributed by atoms with Crippen molar-refractivity contribution in [1.82, 2.24) is 0 Å². The van der Waals surface area contributed by atoms with Gasteiger partial charge in [-0.1, -0.05) is 25.8 Å². The first kappa shape index (κ1) is 33.4. The Morgan fingerprint density at radius 3 is 1.18 bits per heavy atom. The van der Waals surface area contributed by atoms with Crippen LogP contribution in [0.4, 0.5) is 0 Å². The Balaban J connectivity index is 5.12. The summed E-state index contributed by atoms with van der Waals surface area (Å²) in [5.74, 6) is -0.822. The van der Waals surface area contributed by atoms with Gasteiger partial charge in [0.25, 0.3) is 0 Å². The lowest BCUT2D eigenvalue weighted by Crippen LogP contribution is -2.30. The molecule has 0 saturated heterocycles. The molecule has 0 spiro atoms. The topological polar surface area (TPSA) is 65.0 Å². The van der Waals surface area contributed by atoms with E-state index in [1.54, 1.807) is 0 Å². The van der Waals surface area contributed by atoms with Gasteiger partial charge in [-0.3, -0.25) is 0 Å². The van der Waals surface area contributed by atoms with Crippen LogP contribution < -0.4 is 0 Å². The first-order valence-corrected chi connectivity index (χ1v) is 27.8. The zero-order chi connectivity index (χ0) is 25.8. The minimum absolute atomic E-state index is 0.291. The van der Waals surface area contributed by atoms with Gasteiger partial charge in [-0.15, -0.1) is 0 Å². The molecule has 5 nitrogen and oxygen atoms in total. The van der Waals surface area contributed by atoms with E-state index in [-0.39, 0.29) is 5.41 Å². The summed E-state index contributed by atoms with van der Waals surface area (Å²) >= 11 is 0. The van der Waals surface area contributed by atoms with Crippen molar-refractivity contribution < 1.29 is 22.2 Å². The van der Waals surface area contributed by atoms with E-state index in [0.29, 0.717) is 5.57 Å². The fraction of sp³-hybridized carbons (Fsp3) is 0.864. The summed E-state index contributed by atoms with van der Waals surface area (Å²) in [6.45, 7) is 24.3.